The lowest BCUT2D eigenvalue weighted by Gasteiger charge is -2.39. The first-order valence-electron chi connectivity index (χ1n) is 12.4. The third-order valence-corrected chi connectivity index (χ3v) is 8.46. The second-order valence-corrected chi connectivity index (χ2v) is 10.2. The summed E-state index contributed by atoms with van der Waals surface area (Å²) < 4.78 is 0. The standard InChI is InChI=1S/C28H41NOS/c1-4-7-9-13-19-29-23-16-17-25-24(20-23)26(22-14-11-10-12-15-22)27(30)28(6-3,21-31-25)18-8-5-2/h10-12,14-17,20,26-27,29-30H,4-9,13,18-19,21H2,1-3H3/t26-,27-,28-/m1/s1. The molecule has 0 fully saturated rings. The van der Waals surface area contributed by atoms with Gasteiger partial charge in [0.05, 0.1) is 6.10 Å². The van der Waals surface area contributed by atoms with E-state index in [9.17, 15) is 5.11 Å². The largest absolute Gasteiger partial charge is 0.392 e. The Morgan fingerprint density at radius 2 is 1.74 bits per heavy atom. The van der Waals surface area contributed by atoms with Crippen molar-refractivity contribution in [2.75, 3.05) is 17.6 Å². The smallest absolute Gasteiger partial charge is 0.0713 e. The van der Waals surface area contributed by atoms with Crippen LogP contribution < -0.4 is 5.32 Å². The molecule has 0 aliphatic carbocycles. The van der Waals surface area contributed by atoms with Gasteiger partial charge < -0.3 is 10.4 Å². The van der Waals surface area contributed by atoms with E-state index in [0.717, 1.165) is 25.1 Å². The van der Waals surface area contributed by atoms with E-state index in [2.05, 4.69) is 74.6 Å². The summed E-state index contributed by atoms with van der Waals surface area (Å²) in [6.07, 6.45) is 9.15. The number of hydrogen-bond acceptors (Lipinski definition) is 3. The van der Waals surface area contributed by atoms with Gasteiger partial charge in [0, 0.05) is 34.2 Å². The summed E-state index contributed by atoms with van der Waals surface area (Å²) in [6, 6.07) is 17.5. The van der Waals surface area contributed by atoms with E-state index in [1.807, 2.05) is 11.8 Å². The third-order valence-electron chi connectivity index (χ3n) is 7.05. The average Bonchev–Trinajstić information content (AvgIpc) is 2.92. The Bertz CT molecular complexity index is 793. The highest BCUT2D eigenvalue weighted by Gasteiger charge is 2.44. The van der Waals surface area contributed by atoms with Crippen LogP contribution in [-0.4, -0.2) is 23.5 Å². The number of fused-ring (bicyclic) bond motifs is 1. The van der Waals surface area contributed by atoms with Crippen molar-refractivity contribution in [3.63, 3.8) is 0 Å². The van der Waals surface area contributed by atoms with Gasteiger partial charge in [-0.15, -0.1) is 11.8 Å². The molecule has 0 unspecified atom stereocenters. The van der Waals surface area contributed by atoms with Crippen molar-refractivity contribution >= 4 is 17.4 Å². The Kier molecular flexibility index (Phi) is 9.34. The fourth-order valence-electron chi connectivity index (χ4n) is 4.91. The molecule has 3 atom stereocenters. The SMILES string of the molecule is CCCCCCNc1ccc2c(c1)[C@@H](c1ccccc1)[C@@H](O)[C@](CC)(CCCC)CS2. The van der Waals surface area contributed by atoms with Crippen molar-refractivity contribution in [1.29, 1.82) is 0 Å². The number of unbranched alkanes of at least 4 members (excludes halogenated alkanes) is 4. The summed E-state index contributed by atoms with van der Waals surface area (Å²) in [5.41, 5.74) is 3.65. The van der Waals surface area contributed by atoms with Crippen molar-refractivity contribution < 1.29 is 5.11 Å². The second kappa shape index (κ2) is 12.0. The highest BCUT2D eigenvalue weighted by molar-refractivity contribution is 7.99. The van der Waals surface area contributed by atoms with E-state index in [0.29, 0.717) is 0 Å². The molecule has 3 heteroatoms. The van der Waals surface area contributed by atoms with Crippen LogP contribution in [-0.2, 0) is 0 Å². The second-order valence-electron chi connectivity index (χ2n) is 9.18. The fourth-order valence-corrected chi connectivity index (χ4v) is 6.39. The first-order chi connectivity index (χ1) is 15.1. The van der Waals surface area contributed by atoms with Crippen LogP contribution >= 0.6 is 11.8 Å². The maximum Gasteiger partial charge on any atom is 0.0713 e. The lowest BCUT2D eigenvalue weighted by atomic mass is 9.69. The fraction of sp³-hybridized carbons (Fsp3) is 0.571. The molecule has 1 heterocycles. The zero-order valence-corrected chi connectivity index (χ0v) is 20.5. The van der Waals surface area contributed by atoms with Gasteiger partial charge in [-0.25, -0.2) is 0 Å². The summed E-state index contributed by atoms with van der Waals surface area (Å²) in [5.74, 6) is 1.01. The van der Waals surface area contributed by atoms with Crippen LogP contribution in [0.5, 0.6) is 0 Å². The summed E-state index contributed by atoms with van der Waals surface area (Å²) in [5, 5.41) is 15.6. The van der Waals surface area contributed by atoms with Gasteiger partial charge >= 0.3 is 0 Å². The minimum atomic E-state index is -0.375. The van der Waals surface area contributed by atoms with Gasteiger partial charge in [0.1, 0.15) is 0 Å². The molecule has 0 spiro atoms. The predicted octanol–water partition coefficient (Wildman–Crippen LogP) is 7.86. The average molecular weight is 440 g/mol. The first kappa shape index (κ1) is 24.2. The minimum Gasteiger partial charge on any atom is -0.392 e. The van der Waals surface area contributed by atoms with Crippen molar-refractivity contribution in [2.45, 2.75) is 89.1 Å². The Labute approximate surface area is 194 Å². The Hall–Kier alpha value is -1.45. The molecule has 0 amide bonds. The highest BCUT2D eigenvalue weighted by Crippen LogP contribution is 2.51. The summed E-state index contributed by atoms with van der Waals surface area (Å²) in [6.45, 7) is 7.78. The number of hydrogen-bond donors (Lipinski definition) is 2. The topological polar surface area (TPSA) is 32.3 Å². The molecule has 1 aliphatic rings. The molecule has 1 aliphatic heterocycles. The van der Waals surface area contributed by atoms with Crippen LogP contribution in [0.2, 0.25) is 0 Å². The minimum absolute atomic E-state index is 0.0184. The quantitative estimate of drug-likeness (QED) is 0.349. The van der Waals surface area contributed by atoms with E-state index in [1.165, 1.54) is 60.2 Å². The zero-order valence-electron chi connectivity index (χ0n) is 19.7. The normalized spacial score (nSPS) is 23.2. The molecule has 3 rings (SSSR count). The van der Waals surface area contributed by atoms with Gasteiger partial charge in [0.15, 0.2) is 0 Å². The lowest BCUT2D eigenvalue weighted by molar-refractivity contribution is 0.0182. The maximum atomic E-state index is 11.9. The van der Waals surface area contributed by atoms with Gasteiger partial charge in [0.25, 0.3) is 0 Å². The maximum absolute atomic E-state index is 11.9. The van der Waals surface area contributed by atoms with E-state index < -0.39 is 0 Å². The number of aliphatic hydroxyl groups excluding tert-OH is 1. The first-order valence-corrected chi connectivity index (χ1v) is 13.4. The molecule has 0 bridgehead atoms. The molecule has 2 aromatic carbocycles. The number of aliphatic hydroxyl groups is 1. The highest BCUT2D eigenvalue weighted by atomic mass is 32.2. The van der Waals surface area contributed by atoms with Crippen LogP contribution in [0.4, 0.5) is 5.69 Å². The van der Waals surface area contributed by atoms with E-state index in [-0.39, 0.29) is 17.4 Å². The predicted molar refractivity (Wildman–Crippen MR) is 136 cm³/mol. The van der Waals surface area contributed by atoms with Crippen LogP contribution in [0.1, 0.15) is 89.2 Å². The van der Waals surface area contributed by atoms with E-state index in [1.54, 1.807) is 0 Å². The van der Waals surface area contributed by atoms with Gasteiger partial charge in [-0.2, -0.15) is 0 Å². The molecule has 31 heavy (non-hydrogen) atoms. The van der Waals surface area contributed by atoms with Crippen LogP contribution in [0.15, 0.2) is 53.4 Å². The molecular weight excluding hydrogens is 398 g/mol. The van der Waals surface area contributed by atoms with Gasteiger partial charge in [-0.3, -0.25) is 0 Å². The Morgan fingerprint density at radius 1 is 0.968 bits per heavy atom. The van der Waals surface area contributed by atoms with Crippen LogP contribution in [0.25, 0.3) is 0 Å². The van der Waals surface area contributed by atoms with Crippen molar-refractivity contribution in [3.8, 4) is 0 Å². The lowest BCUT2D eigenvalue weighted by Crippen LogP contribution is -2.40. The third kappa shape index (κ3) is 5.87. The van der Waals surface area contributed by atoms with E-state index >= 15 is 0 Å². The van der Waals surface area contributed by atoms with Crippen LogP contribution in [0.3, 0.4) is 0 Å². The van der Waals surface area contributed by atoms with Crippen LogP contribution in [0, 0.1) is 5.41 Å². The van der Waals surface area contributed by atoms with Gasteiger partial charge in [0.2, 0.25) is 0 Å². The number of thioether (sulfide) groups is 1. The zero-order chi connectivity index (χ0) is 22.1. The summed E-state index contributed by atoms with van der Waals surface area (Å²) in [4.78, 5) is 1.33. The van der Waals surface area contributed by atoms with Gasteiger partial charge in [-0.05, 0) is 48.6 Å². The van der Waals surface area contributed by atoms with Gasteiger partial charge in [-0.1, -0.05) is 83.2 Å². The molecule has 0 aromatic heterocycles. The summed E-state index contributed by atoms with van der Waals surface area (Å²) in [7, 11) is 0. The number of nitrogens with one attached hydrogen (secondary N) is 1. The molecule has 170 valence electrons. The monoisotopic (exact) mass is 439 g/mol. The Morgan fingerprint density at radius 3 is 2.45 bits per heavy atom. The number of benzene rings is 2. The van der Waals surface area contributed by atoms with Crippen molar-refractivity contribution in [1.82, 2.24) is 0 Å². The molecule has 2 nitrogen and oxygen atoms in total. The molecule has 2 N–H and O–H groups in total. The molecule has 2 aromatic rings. The summed E-state index contributed by atoms with van der Waals surface area (Å²) >= 11 is 1.95. The molecule has 0 radical (unpaired) electrons. The number of rotatable bonds is 11. The van der Waals surface area contributed by atoms with Crippen molar-refractivity contribution in [3.05, 3.63) is 59.7 Å². The van der Waals surface area contributed by atoms with Crippen molar-refractivity contribution in [2.24, 2.45) is 5.41 Å². The van der Waals surface area contributed by atoms with E-state index in [4.69, 9.17) is 0 Å². The molecular formula is C28H41NOS. The molecule has 0 saturated carbocycles. The number of anilines is 1. The molecule has 0 saturated heterocycles. The Balaban J connectivity index is 1.94.